The van der Waals surface area contributed by atoms with Gasteiger partial charge in [0.05, 0.1) is 13.3 Å². The van der Waals surface area contributed by atoms with Crippen molar-refractivity contribution in [3.63, 3.8) is 0 Å². The van der Waals surface area contributed by atoms with Gasteiger partial charge < -0.3 is 14.5 Å². The fourth-order valence-corrected chi connectivity index (χ4v) is 2.63. The molecule has 1 aliphatic rings. The zero-order valence-electron chi connectivity index (χ0n) is 12.9. The quantitative estimate of drug-likeness (QED) is 0.630. The smallest absolute Gasteiger partial charge is 0.267 e. The van der Waals surface area contributed by atoms with Gasteiger partial charge in [-0.15, -0.1) is 0 Å². The Hall–Kier alpha value is -2.82. The summed E-state index contributed by atoms with van der Waals surface area (Å²) in [6.07, 6.45) is 2.43. The molecule has 0 aliphatic carbocycles. The van der Waals surface area contributed by atoms with Gasteiger partial charge >= 0.3 is 0 Å². The van der Waals surface area contributed by atoms with Gasteiger partial charge in [-0.2, -0.15) is 0 Å². The highest BCUT2D eigenvalue weighted by Crippen LogP contribution is 2.27. The number of amides is 1. The number of methoxy groups -OCH3 is 1. The standard InChI is InChI=1S/C18H18N2O3/c1-22-17-9-5-3-7-15(17)12-19-23-13-18(21)20-11-10-14-6-2-4-8-16(14)20/h2-9,12H,10-11,13H2,1H3/b19-12-. The fourth-order valence-electron chi connectivity index (χ4n) is 2.63. The Morgan fingerprint density at radius 3 is 2.87 bits per heavy atom. The van der Waals surface area contributed by atoms with Crippen molar-refractivity contribution >= 4 is 17.8 Å². The summed E-state index contributed by atoms with van der Waals surface area (Å²) in [5.41, 5.74) is 2.96. The van der Waals surface area contributed by atoms with Crippen LogP contribution in [0.3, 0.4) is 0 Å². The molecule has 3 rings (SSSR count). The second-order valence-electron chi connectivity index (χ2n) is 5.17. The molecule has 1 heterocycles. The Labute approximate surface area is 135 Å². The molecule has 5 nitrogen and oxygen atoms in total. The number of rotatable bonds is 5. The van der Waals surface area contributed by atoms with Gasteiger partial charge in [0.15, 0.2) is 6.61 Å². The monoisotopic (exact) mass is 310 g/mol. The number of hydrogen-bond donors (Lipinski definition) is 0. The van der Waals surface area contributed by atoms with Gasteiger partial charge in [0.25, 0.3) is 5.91 Å². The van der Waals surface area contributed by atoms with Crippen LogP contribution in [-0.4, -0.2) is 32.4 Å². The fraction of sp³-hybridized carbons (Fsp3) is 0.222. The van der Waals surface area contributed by atoms with Crippen molar-refractivity contribution in [1.29, 1.82) is 0 Å². The third kappa shape index (κ3) is 3.34. The van der Waals surface area contributed by atoms with Crippen molar-refractivity contribution in [2.45, 2.75) is 6.42 Å². The van der Waals surface area contributed by atoms with Gasteiger partial charge in [0, 0.05) is 17.8 Å². The SMILES string of the molecule is COc1ccccc1/C=N\OCC(=O)N1CCc2ccccc21. The van der Waals surface area contributed by atoms with E-state index in [-0.39, 0.29) is 12.5 Å². The van der Waals surface area contributed by atoms with Crippen LogP contribution in [-0.2, 0) is 16.1 Å². The molecule has 0 atom stereocenters. The highest BCUT2D eigenvalue weighted by atomic mass is 16.6. The first-order valence-electron chi connectivity index (χ1n) is 7.46. The zero-order chi connectivity index (χ0) is 16.1. The third-order valence-corrected chi connectivity index (χ3v) is 3.78. The third-order valence-electron chi connectivity index (χ3n) is 3.78. The highest BCUT2D eigenvalue weighted by Gasteiger charge is 2.24. The Kier molecular flexibility index (Phi) is 4.57. The maximum Gasteiger partial charge on any atom is 0.267 e. The Morgan fingerprint density at radius 2 is 2.00 bits per heavy atom. The van der Waals surface area contributed by atoms with E-state index in [1.807, 2.05) is 48.5 Å². The molecule has 0 saturated carbocycles. The molecule has 0 saturated heterocycles. The molecule has 0 bridgehead atoms. The lowest BCUT2D eigenvalue weighted by molar-refractivity contribution is -0.122. The Morgan fingerprint density at radius 1 is 1.22 bits per heavy atom. The molecule has 1 amide bonds. The average Bonchev–Trinajstić information content (AvgIpc) is 3.03. The molecule has 2 aromatic rings. The summed E-state index contributed by atoms with van der Waals surface area (Å²) < 4.78 is 5.22. The highest BCUT2D eigenvalue weighted by molar-refractivity contribution is 5.96. The molecule has 2 aromatic carbocycles. The number of ether oxygens (including phenoxy) is 1. The van der Waals surface area contributed by atoms with Crippen LogP contribution in [0.4, 0.5) is 5.69 Å². The summed E-state index contributed by atoms with van der Waals surface area (Å²) in [5, 5.41) is 3.87. The normalized spacial score (nSPS) is 13.2. The lowest BCUT2D eigenvalue weighted by atomic mass is 10.2. The van der Waals surface area contributed by atoms with Crippen LogP contribution in [0, 0.1) is 0 Å². The predicted octanol–water partition coefficient (Wildman–Crippen LogP) is 2.64. The molecular weight excluding hydrogens is 292 g/mol. The van der Waals surface area contributed by atoms with Gasteiger partial charge in [0.1, 0.15) is 5.75 Å². The minimum atomic E-state index is -0.0906. The first-order valence-corrected chi connectivity index (χ1v) is 7.46. The maximum atomic E-state index is 12.2. The second kappa shape index (κ2) is 6.96. The van der Waals surface area contributed by atoms with Crippen LogP contribution in [0.15, 0.2) is 53.7 Å². The minimum Gasteiger partial charge on any atom is -0.496 e. The summed E-state index contributed by atoms with van der Waals surface area (Å²) in [6, 6.07) is 15.4. The molecule has 0 unspecified atom stereocenters. The number of hydrogen-bond acceptors (Lipinski definition) is 4. The van der Waals surface area contributed by atoms with Crippen molar-refractivity contribution in [1.82, 2.24) is 0 Å². The van der Waals surface area contributed by atoms with E-state index in [1.165, 1.54) is 5.56 Å². The summed E-state index contributed by atoms with van der Waals surface area (Å²) in [6.45, 7) is 0.609. The lowest BCUT2D eigenvalue weighted by Gasteiger charge is -2.16. The van der Waals surface area contributed by atoms with E-state index in [0.717, 1.165) is 17.7 Å². The van der Waals surface area contributed by atoms with E-state index in [0.29, 0.717) is 12.3 Å². The van der Waals surface area contributed by atoms with Crippen LogP contribution >= 0.6 is 0 Å². The average molecular weight is 310 g/mol. The van der Waals surface area contributed by atoms with E-state index in [4.69, 9.17) is 9.57 Å². The first-order chi connectivity index (χ1) is 11.3. The molecule has 0 N–H and O–H groups in total. The van der Waals surface area contributed by atoms with Crippen LogP contribution in [0.2, 0.25) is 0 Å². The van der Waals surface area contributed by atoms with Crippen molar-refractivity contribution < 1.29 is 14.4 Å². The molecule has 0 radical (unpaired) electrons. The molecule has 0 fully saturated rings. The summed E-state index contributed by atoms with van der Waals surface area (Å²) in [4.78, 5) is 19.1. The molecule has 1 aliphatic heterocycles. The number of anilines is 1. The van der Waals surface area contributed by atoms with Crippen LogP contribution in [0.25, 0.3) is 0 Å². The molecule has 5 heteroatoms. The molecule has 23 heavy (non-hydrogen) atoms. The van der Waals surface area contributed by atoms with E-state index >= 15 is 0 Å². The first kappa shape index (κ1) is 15.1. The zero-order valence-corrected chi connectivity index (χ0v) is 12.9. The maximum absolute atomic E-state index is 12.2. The number of carbonyl (C=O) groups is 1. The summed E-state index contributed by atoms with van der Waals surface area (Å²) >= 11 is 0. The Bertz CT molecular complexity index is 728. The van der Waals surface area contributed by atoms with Crippen molar-refractivity contribution in [2.75, 3.05) is 25.2 Å². The van der Waals surface area contributed by atoms with E-state index in [1.54, 1.807) is 18.2 Å². The van der Waals surface area contributed by atoms with Crippen molar-refractivity contribution in [3.8, 4) is 5.75 Å². The number of para-hydroxylation sites is 2. The van der Waals surface area contributed by atoms with Crippen molar-refractivity contribution in [2.24, 2.45) is 5.16 Å². The topological polar surface area (TPSA) is 51.1 Å². The number of fused-ring (bicyclic) bond motifs is 1. The van der Waals surface area contributed by atoms with E-state index < -0.39 is 0 Å². The molecular formula is C18H18N2O3. The van der Waals surface area contributed by atoms with Gasteiger partial charge in [-0.1, -0.05) is 35.5 Å². The number of nitrogens with zero attached hydrogens (tertiary/aromatic N) is 2. The van der Waals surface area contributed by atoms with E-state index in [9.17, 15) is 4.79 Å². The molecule has 118 valence electrons. The minimum absolute atomic E-state index is 0.0833. The van der Waals surface area contributed by atoms with Gasteiger partial charge in [-0.3, -0.25) is 4.79 Å². The van der Waals surface area contributed by atoms with Gasteiger partial charge in [-0.05, 0) is 30.2 Å². The van der Waals surface area contributed by atoms with Crippen LogP contribution in [0.5, 0.6) is 5.75 Å². The van der Waals surface area contributed by atoms with E-state index in [2.05, 4.69) is 5.16 Å². The number of oxime groups is 1. The largest absolute Gasteiger partial charge is 0.496 e. The number of benzene rings is 2. The summed E-state index contributed by atoms with van der Waals surface area (Å²) in [7, 11) is 1.60. The second-order valence-corrected chi connectivity index (χ2v) is 5.17. The predicted molar refractivity (Wildman–Crippen MR) is 89.0 cm³/mol. The van der Waals surface area contributed by atoms with Crippen LogP contribution in [0.1, 0.15) is 11.1 Å². The lowest BCUT2D eigenvalue weighted by Crippen LogP contribution is -2.31. The van der Waals surface area contributed by atoms with Crippen LogP contribution < -0.4 is 9.64 Å². The molecule has 0 aromatic heterocycles. The van der Waals surface area contributed by atoms with Gasteiger partial charge in [0.2, 0.25) is 0 Å². The van der Waals surface area contributed by atoms with Crippen molar-refractivity contribution in [3.05, 3.63) is 59.7 Å². The molecule has 0 spiro atoms. The summed E-state index contributed by atoms with van der Waals surface area (Å²) in [5.74, 6) is 0.617. The number of carbonyl (C=O) groups excluding carboxylic acids is 1. The van der Waals surface area contributed by atoms with Gasteiger partial charge in [-0.25, -0.2) is 0 Å². The Balaban J connectivity index is 1.57.